The Morgan fingerprint density at radius 3 is 2.97 bits per heavy atom. The summed E-state index contributed by atoms with van der Waals surface area (Å²) in [6, 6.07) is 9.10. The molecule has 4 heterocycles. The monoisotopic (exact) mass is 509 g/mol. The summed E-state index contributed by atoms with van der Waals surface area (Å²) in [6.45, 7) is 5.94. The number of hydrogen-bond acceptors (Lipinski definition) is 8. The standard InChI is InChI=1S/C26H28ClN5O4/c1-2-24(33)32-11-10-18(14-32)36-23-9-7-21-25(31-23)26(29-16-28-21)30-17-6-8-22(20(27)13-17)35-15-19-5-3-4-12-34-19/h2,6-9,13,16,18-19H,1,3-5,10-12,14-15H2,(H,28,29,30)/t18-,19?/m0/s1. The minimum absolute atomic E-state index is 0.0927. The fourth-order valence-electron chi connectivity index (χ4n) is 4.36. The molecular formula is C26H28ClN5O4. The van der Waals surface area contributed by atoms with Gasteiger partial charge in [0.2, 0.25) is 11.8 Å². The Morgan fingerprint density at radius 1 is 1.25 bits per heavy atom. The molecule has 9 nitrogen and oxygen atoms in total. The molecule has 2 aromatic heterocycles. The van der Waals surface area contributed by atoms with Crippen molar-refractivity contribution in [3.8, 4) is 11.6 Å². The predicted octanol–water partition coefficient (Wildman–Crippen LogP) is 4.54. The van der Waals surface area contributed by atoms with E-state index in [0.29, 0.717) is 53.2 Å². The summed E-state index contributed by atoms with van der Waals surface area (Å²) in [7, 11) is 0. The second-order valence-electron chi connectivity index (χ2n) is 8.83. The Morgan fingerprint density at radius 2 is 2.17 bits per heavy atom. The molecule has 2 aliphatic rings. The van der Waals surface area contributed by atoms with Gasteiger partial charge in [-0.3, -0.25) is 4.79 Å². The third-order valence-electron chi connectivity index (χ3n) is 6.27. The van der Waals surface area contributed by atoms with Crippen LogP contribution in [0.1, 0.15) is 25.7 Å². The lowest BCUT2D eigenvalue weighted by atomic mass is 10.1. The third kappa shape index (κ3) is 5.68. The van der Waals surface area contributed by atoms with Crippen LogP contribution in [0.4, 0.5) is 11.5 Å². The van der Waals surface area contributed by atoms with Crippen molar-refractivity contribution in [3.63, 3.8) is 0 Å². The van der Waals surface area contributed by atoms with Gasteiger partial charge in [0, 0.05) is 31.3 Å². The number of nitrogens with zero attached hydrogens (tertiary/aromatic N) is 4. The number of carbonyl (C=O) groups is 1. The smallest absolute Gasteiger partial charge is 0.246 e. The highest BCUT2D eigenvalue weighted by molar-refractivity contribution is 6.32. The van der Waals surface area contributed by atoms with Crippen LogP contribution in [0.25, 0.3) is 11.0 Å². The van der Waals surface area contributed by atoms with E-state index < -0.39 is 0 Å². The van der Waals surface area contributed by atoms with Crippen LogP contribution in [0, 0.1) is 0 Å². The number of halogens is 1. The van der Waals surface area contributed by atoms with E-state index in [4.69, 9.17) is 25.8 Å². The number of anilines is 2. The van der Waals surface area contributed by atoms with E-state index in [0.717, 1.165) is 38.0 Å². The minimum atomic E-state index is -0.134. The van der Waals surface area contributed by atoms with Crippen molar-refractivity contribution < 1.29 is 19.0 Å². The fourth-order valence-corrected chi connectivity index (χ4v) is 4.59. The number of aromatic nitrogens is 3. The Bertz CT molecular complexity index is 1250. The van der Waals surface area contributed by atoms with Crippen molar-refractivity contribution in [2.75, 3.05) is 31.6 Å². The normalized spacial score (nSPS) is 19.8. The van der Waals surface area contributed by atoms with Gasteiger partial charge in [0.05, 0.1) is 23.2 Å². The molecule has 0 bridgehead atoms. The number of nitrogens with one attached hydrogen (secondary N) is 1. The molecule has 1 unspecified atom stereocenters. The number of ether oxygens (including phenoxy) is 3. The number of fused-ring (bicyclic) bond motifs is 1. The molecule has 2 aliphatic heterocycles. The minimum Gasteiger partial charge on any atom is -0.489 e. The summed E-state index contributed by atoms with van der Waals surface area (Å²) >= 11 is 6.49. The van der Waals surface area contributed by atoms with Crippen molar-refractivity contribution in [2.45, 2.75) is 37.9 Å². The third-order valence-corrected chi connectivity index (χ3v) is 6.56. The van der Waals surface area contributed by atoms with Crippen LogP contribution in [0.5, 0.6) is 11.6 Å². The topological polar surface area (TPSA) is 98.7 Å². The molecule has 2 fully saturated rings. The lowest BCUT2D eigenvalue weighted by Crippen LogP contribution is -2.29. The van der Waals surface area contributed by atoms with E-state index in [1.165, 1.54) is 12.4 Å². The van der Waals surface area contributed by atoms with E-state index >= 15 is 0 Å². The molecule has 0 saturated carbocycles. The van der Waals surface area contributed by atoms with Crippen LogP contribution in [-0.4, -0.2) is 64.3 Å². The van der Waals surface area contributed by atoms with Crippen LogP contribution in [-0.2, 0) is 9.53 Å². The van der Waals surface area contributed by atoms with Gasteiger partial charge in [0.25, 0.3) is 0 Å². The van der Waals surface area contributed by atoms with Crippen molar-refractivity contribution in [3.05, 3.63) is 54.3 Å². The maximum absolute atomic E-state index is 11.8. The Balaban J connectivity index is 1.27. The van der Waals surface area contributed by atoms with Gasteiger partial charge in [-0.1, -0.05) is 18.2 Å². The molecule has 1 N–H and O–H groups in total. The number of hydrogen-bond donors (Lipinski definition) is 1. The van der Waals surface area contributed by atoms with Crippen molar-refractivity contribution >= 4 is 40.0 Å². The van der Waals surface area contributed by atoms with Gasteiger partial charge >= 0.3 is 0 Å². The zero-order chi connectivity index (χ0) is 24.9. The summed E-state index contributed by atoms with van der Waals surface area (Å²) in [4.78, 5) is 26.9. The Labute approximate surface area is 214 Å². The average Bonchev–Trinajstić information content (AvgIpc) is 3.37. The first-order valence-electron chi connectivity index (χ1n) is 12.1. The summed E-state index contributed by atoms with van der Waals surface area (Å²) in [5.41, 5.74) is 1.98. The summed E-state index contributed by atoms with van der Waals surface area (Å²) < 4.78 is 17.7. The van der Waals surface area contributed by atoms with Gasteiger partial charge in [0.1, 0.15) is 30.3 Å². The molecule has 0 spiro atoms. The van der Waals surface area contributed by atoms with Crippen LogP contribution >= 0.6 is 11.6 Å². The van der Waals surface area contributed by atoms with Gasteiger partial charge < -0.3 is 24.4 Å². The molecule has 1 aromatic carbocycles. The molecule has 36 heavy (non-hydrogen) atoms. The predicted molar refractivity (Wildman–Crippen MR) is 137 cm³/mol. The molecule has 10 heteroatoms. The SMILES string of the molecule is C=CC(=O)N1CC[C@H](Oc2ccc3ncnc(Nc4ccc(OCC5CCCCO5)c(Cl)c4)c3n2)C1. The highest BCUT2D eigenvalue weighted by Crippen LogP contribution is 2.31. The van der Waals surface area contributed by atoms with Crippen LogP contribution in [0.2, 0.25) is 5.02 Å². The molecule has 2 saturated heterocycles. The number of pyridine rings is 1. The first kappa shape index (κ1) is 24.3. The van der Waals surface area contributed by atoms with Crippen molar-refractivity contribution in [1.29, 1.82) is 0 Å². The summed E-state index contributed by atoms with van der Waals surface area (Å²) in [5, 5.41) is 3.76. The maximum Gasteiger partial charge on any atom is 0.246 e. The van der Waals surface area contributed by atoms with Gasteiger partial charge in [0.15, 0.2) is 5.82 Å². The molecule has 3 aromatic rings. The van der Waals surface area contributed by atoms with Gasteiger partial charge in [-0.05, 0) is 49.6 Å². The number of likely N-dealkylation sites (tertiary alicyclic amines) is 1. The largest absolute Gasteiger partial charge is 0.489 e. The van der Waals surface area contributed by atoms with E-state index in [-0.39, 0.29) is 18.1 Å². The second kappa shape index (κ2) is 11.1. The quantitative estimate of drug-likeness (QED) is 0.442. The van der Waals surface area contributed by atoms with E-state index in [9.17, 15) is 4.79 Å². The highest BCUT2D eigenvalue weighted by atomic mass is 35.5. The molecule has 1 amide bonds. The number of rotatable bonds is 8. The highest BCUT2D eigenvalue weighted by Gasteiger charge is 2.26. The van der Waals surface area contributed by atoms with E-state index in [1.807, 2.05) is 18.2 Å². The van der Waals surface area contributed by atoms with Crippen molar-refractivity contribution in [2.24, 2.45) is 0 Å². The molecule has 5 rings (SSSR count). The number of carbonyl (C=O) groups excluding carboxylic acids is 1. The first-order chi connectivity index (χ1) is 17.6. The first-order valence-corrected chi connectivity index (χ1v) is 12.5. The lowest BCUT2D eigenvalue weighted by molar-refractivity contribution is -0.125. The molecule has 0 radical (unpaired) electrons. The van der Waals surface area contributed by atoms with Crippen LogP contribution in [0.3, 0.4) is 0 Å². The van der Waals surface area contributed by atoms with Gasteiger partial charge in [-0.25, -0.2) is 15.0 Å². The van der Waals surface area contributed by atoms with Gasteiger partial charge in [-0.15, -0.1) is 0 Å². The molecule has 188 valence electrons. The Hall–Kier alpha value is -3.43. The zero-order valence-corrected chi connectivity index (χ0v) is 20.6. The number of amides is 1. The molecular weight excluding hydrogens is 482 g/mol. The molecule has 0 aliphatic carbocycles. The van der Waals surface area contributed by atoms with Crippen LogP contribution < -0.4 is 14.8 Å². The molecule has 2 atom stereocenters. The zero-order valence-electron chi connectivity index (χ0n) is 19.9. The Kier molecular flexibility index (Phi) is 7.48. The lowest BCUT2D eigenvalue weighted by Gasteiger charge is -2.23. The average molecular weight is 510 g/mol. The maximum atomic E-state index is 11.8. The van der Waals surface area contributed by atoms with E-state index in [2.05, 4.69) is 26.8 Å². The van der Waals surface area contributed by atoms with Crippen molar-refractivity contribution in [1.82, 2.24) is 19.9 Å². The summed E-state index contributed by atoms with van der Waals surface area (Å²) in [6.07, 6.45) is 6.77. The summed E-state index contributed by atoms with van der Waals surface area (Å²) in [5.74, 6) is 1.49. The van der Waals surface area contributed by atoms with Gasteiger partial charge in [-0.2, -0.15) is 0 Å². The fraction of sp³-hybridized carbons (Fsp3) is 0.385. The number of benzene rings is 1. The van der Waals surface area contributed by atoms with E-state index in [1.54, 1.807) is 17.0 Å². The second-order valence-corrected chi connectivity index (χ2v) is 9.23. The van der Waals surface area contributed by atoms with Crippen LogP contribution in [0.15, 0.2) is 49.3 Å².